The molecule has 0 aromatic heterocycles. The predicted molar refractivity (Wildman–Crippen MR) is 108 cm³/mol. The quantitative estimate of drug-likeness (QED) is 0.800. The summed E-state index contributed by atoms with van der Waals surface area (Å²) in [5.74, 6) is 0.129. The Balaban J connectivity index is 1.71. The van der Waals surface area contributed by atoms with Gasteiger partial charge in [-0.3, -0.25) is 9.69 Å². The van der Waals surface area contributed by atoms with Crippen LogP contribution in [0.1, 0.15) is 12.5 Å². The van der Waals surface area contributed by atoms with Crippen LogP contribution in [0.15, 0.2) is 53.4 Å². The van der Waals surface area contributed by atoms with Gasteiger partial charge in [-0.15, -0.1) is 0 Å². The number of carbonyl (C=O) groups excluding carboxylic acids is 1. The maximum atomic E-state index is 13.0. The van der Waals surface area contributed by atoms with Gasteiger partial charge < -0.3 is 10.1 Å². The highest BCUT2D eigenvalue weighted by atomic mass is 32.2. The third kappa shape index (κ3) is 4.70. The van der Waals surface area contributed by atoms with Gasteiger partial charge >= 0.3 is 0 Å². The van der Waals surface area contributed by atoms with Gasteiger partial charge in [0.15, 0.2) is 0 Å². The molecule has 2 aromatic carbocycles. The number of sulfonamides is 1. The summed E-state index contributed by atoms with van der Waals surface area (Å²) in [4.78, 5) is 13.8. The molecular weight excluding hydrogens is 378 g/mol. The van der Waals surface area contributed by atoms with Crippen LogP contribution in [-0.4, -0.2) is 56.8 Å². The molecule has 8 heteroatoms. The normalized spacial score (nSPS) is 15.9. The summed E-state index contributed by atoms with van der Waals surface area (Å²) >= 11 is 0. The van der Waals surface area contributed by atoms with Gasteiger partial charge in [0, 0.05) is 39.6 Å². The summed E-state index contributed by atoms with van der Waals surface area (Å²) in [5, 5.41) is 2.62. The van der Waals surface area contributed by atoms with E-state index in [0.29, 0.717) is 37.6 Å². The first kappa shape index (κ1) is 20.3. The highest BCUT2D eigenvalue weighted by Crippen LogP contribution is 2.29. The van der Waals surface area contributed by atoms with Crippen molar-refractivity contribution < 1.29 is 17.9 Å². The highest BCUT2D eigenvalue weighted by molar-refractivity contribution is 7.89. The Hall–Kier alpha value is -2.42. The number of piperazine rings is 1. The van der Waals surface area contributed by atoms with Crippen molar-refractivity contribution in [2.24, 2.45) is 0 Å². The minimum absolute atomic E-state index is 0.147. The predicted octanol–water partition coefficient (Wildman–Crippen LogP) is 2.16. The smallest absolute Gasteiger partial charge is 0.243 e. The van der Waals surface area contributed by atoms with E-state index in [-0.39, 0.29) is 10.8 Å². The van der Waals surface area contributed by atoms with Gasteiger partial charge in [-0.1, -0.05) is 30.3 Å². The molecule has 1 amide bonds. The Bertz CT molecular complexity index is 924. The highest BCUT2D eigenvalue weighted by Gasteiger charge is 2.29. The number of hydrogen-bond acceptors (Lipinski definition) is 5. The molecule has 1 aliphatic rings. The molecule has 0 saturated carbocycles. The first-order chi connectivity index (χ1) is 13.4. The summed E-state index contributed by atoms with van der Waals surface area (Å²) in [7, 11) is -2.17. The van der Waals surface area contributed by atoms with Gasteiger partial charge in [0.2, 0.25) is 15.9 Å². The molecule has 1 aliphatic heterocycles. The summed E-state index contributed by atoms with van der Waals surface area (Å²) in [5.41, 5.74) is 1.56. The number of ether oxygens (including phenoxy) is 1. The molecule has 1 saturated heterocycles. The Morgan fingerprint density at radius 2 is 1.75 bits per heavy atom. The van der Waals surface area contributed by atoms with Crippen molar-refractivity contribution in [1.82, 2.24) is 9.21 Å². The van der Waals surface area contributed by atoms with Crippen LogP contribution in [0.2, 0.25) is 0 Å². The summed E-state index contributed by atoms with van der Waals surface area (Å²) in [6.45, 7) is 4.37. The van der Waals surface area contributed by atoms with E-state index in [4.69, 9.17) is 4.74 Å². The number of hydrogen-bond donors (Lipinski definition) is 1. The molecule has 0 unspecified atom stereocenters. The minimum Gasteiger partial charge on any atom is -0.495 e. The summed E-state index contributed by atoms with van der Waals surface area (Å²) in [6.07, 6.45) is 0. The molecule has 1 heterocycles. The lowest BCUT2D eigenvalue weighted by Gasteiger charge is -2.34. The number of methoxy groups -OCH3 is 1. The lowest BCUT2D eigenvalue weighted by molar-refractivity contribution is -0.114. The second-order valence-corrected chi connectivity index (χ2v) is 8.65. The zero-order valence-electron chi connectivity index (χ0n) is 16.1. The Morgan fingerprint density at radius 3 is 2.36 bits per heavy atom. The third-order valence-electron chi connectivity index (χ3n) is 4.70. The van der Waals surface area contributed by atoms with Crippen molar-refractivity contribution in [1.29, 1.82) is 0 Å². The minimum atomic E-state index is -3.64. The number of benzene rings is 2. The molecule has 150 valence electrons. The van der Waals surface area contributed by atoms with Crippen LogP contribution >= 0.6 is 0 Å². The van der Waals surface area contributed by atoms with Crippen molar-refractivity contribution in [3.63, 3.8) is 0 Å². The SMILES string of the molecule is COc1ccc(S(=O)(=O)N2CCN(Cc3ccccc3)CC2)cc1NC(C)=O. The Morgan fingerprint density at radius 1 is 1.07 bits per heavy atom. The van der Waals surface area contributed by atoms with E-state index >= 15 is 0 Å². The van der Waals surface area contributed by atoms with Gasteiger partial charge in [0.1, 0.15) is 5.75 Å². The Kier molecular flexibility index (Phi) is 6.33. The number of nitrogens with one attached hydrogen (secondary N) is 1. The molecular formula is C20H25N3O4S. The largest absolute Gasteiger partial charge is 0.495 e. The van der Waals surface area contributed by atoms with Gasteiger partial charge in [-0.2, -0.15) is 4.31 Å². The fourth-order valence-electron chi connectivity index (χ4n) is 3.25. The monoisotopic (exact) mass is 403 g/mol. The van der Waals surface area contributed by atoms with Crippen molar-refractivity contribution in [3.05, 3.63) is 54.1 Å². The Labute approximate surface area is 166 Å². The lowest BCUT2D eigenvalue weighted by Crippen LogP contribution is -2.48. The van der Waals surface area contributed by atoms with E-state index in [1.54, 1.807) is 6.07 Å². The average Bonchev–Trinajstić information content (AvgIpc) is 2.68. The fourth-order valence-corrected chi connectivity index (χ4v) is 4.70. The van der Waals surface area contributed by atoms with Crippen molar-refractivity contribution in [2.45, 2.75) is 18.4 Å². The molecule has 1 N–H and O–H groups in total. The van der Waals surface area contributed by atoms with Crippen LogP contribution in [-0.2, 0) is 21.4 Å². The molecule has 0 bridgehead atoms. The number of anilines is 1. The van der Waals surface area contributed by atoms with Gasteiger partial charge in [0.25, 0.3) is 0 Å². The van der Waals surface area contributed by atoms with Crippen LogP contribution in [0, 0.1) is 0 Å². The van der Waals surface area contributed by atoms with E-state index in [0.717, 1.165) is 6.54 Å². The van der Waals surface area contributed by atoms with Crippen LogP contribution in [0.3, 0.4) is 0 Å². The third-order valence-corrected chi connectivity index (χ3v) is 6.59. The van der Waals surface area contributed by atoms with Crippen molar-refractivity contribution >= 4 is 21.6 Å². The van der Waals surface area contributed by atoms with Crippen molar-refractivity contribution in [2.75, 3.05) is 38.6 Å². The molecule has 7 nitrogen and oxygen atoms in total. The topological polar surface area (TPSA) is 79.0 Å². The van der Waals surface area contributed by atoms with Gasteiger partial charge in [-0.05, 0) is 23.8 Å². The average molecular weight is 404 g/mol. The second-order valence-electron chi connectivity index (χ2n) is 6.71. The van der Waals surface area contributed by atoms with E-state index in [1.807, 2.05) is 18.2 Å². The summed E-state index contributed by atoms with van der Waals surface area (Å²) in [6, 6.07) is 14.7. The second kappa shape index (κ2) is 8.72. The number of carbonyl (C=O) groups is 1. The molecule has 0 radical (unpaired) electrons. The van der Waals surface area contributed by atoms with Crippen LogP contribution in [0.4, 0.5) is 5.69 Å². The molecule has 2 aromatic rings. The molecule has 1 fully saturated rings. The lowest BCUT2D eigenvalue weighted by atomic mass is 10.2. The number of nitrogens with zero attached hydrogens (tertiary/aromatic N) is 2. The van der Waals surface area contributed by atoms with Crippen LogP contribution in [0.25, 0.3) is 0 Å². The van der Waals surface area contributed by atoms with Crippen molar-refractivity contribution in [3.8, 4) is 5.75 Å². The molecule has 0 atom stereocenters. The maximum absolute atomic E-state index is 13.0. The van der Waals surface area contributed by atoms with E-state index in [1.165, 1.54) is 36.0 Å². The first-order valence-electron chi connectivity index (χ1n) is 9.12. The first-order valence-corrected chi connectivity index (χ1v) is 10.6. The molecule has 0 spiro atoms. The maximum Gasteiger partial charge on any atom is 0.243 e. The van der Waals surface area contributed by atoms with Gasteiger partial charge in [0.05, 0.1) is 17.7 Å². The fraction of sp³-hybridized carbons (Fsp3) is 0.350. The number of rotatable bonds is 6. The van der Waals surface area contributed by atoms with Crippen LogP contribution < -0.4 is 10.1 Å². The molecule has 3 rings (SSSR count). The standard InChI is InChI=1S/C20H25N3O4S/c1-16(24)21-19-14-18(8-9-20(19)27-2)28(25,26)23-12-10-22(11-13-23)15-17-6-4-3-5-7-17/h3-9,14H,10-13,15H2,1-2H3,(H,21,24). The van der Waals surface area contributed by atoms with Gasteiger partial charge in [-0.25, -0.2) is 8.42 Å². The zero-order valence-corrected chi connectivity index (χ0v) is 16.9. The van der Waals surface area contributed by atoms with Crippen LogP contribution in [0.5, 0.6) is 5.75 Å². The van der Waals surface area contributed by atoms with E-state index in [2.05, 4.69) is 22.3 Å². The molecule has 0 aliphatic carbocycles. The molecule has 28 heavy (non-hydrogen) atoms. The van der Waals surface area contributed by atoms with E-state index in [9.17, 15) is 13.2 Å². The zero-order chi connectivity index (χ0) is 20.1. The van der Waals surface area contributed by atoms with E-state index < -0.39 is 10.0 Å². The number of amides is 1. The summed E-state index contributed by atoms with van der Waals surface area (Å²) < 4.78 is 32.8.